The Morgan fingerprint density at radius 1 is 1.35 bits per heavy atom. The number of likely N-dealkylation sites (N-methyl/N-ethyl adjacent to an activating group) is 1. The predicted octanol–water partition coefficient (Wildman–Crippen LogP) is 1.67. The van der Waals surface area contributed by atoms with Gasteiger partial charge in [0.05, 0.1) is 7.05 Å². The van der Waals surface area contributed by atoms with E-state index in [2.05, 4.69) is 58.8 Å². The minimum atomic E-state index is 0.393. The third-order valence-electron chi connectivity index (χ3n) is 3.34. The Bertz CT molecular complexity index is 535. The molecule has 2 rings (SSSR count). The summed E-state index contributed by atoms with van der Waals surface area (Å²) in [6, 6.07) is 9.09. The molecule has 108 valence electrons. The molecule has 0 amide bonds. The maximum Gasteiger partial charge on any atom is 0.176 e. The van der Waals surface area contributed by atoms with Crippen LogP contribution >= 0.6 is 0 Å². The van der Waals surface area contributed by atoms with Gasteiger partial charge in [0.2, 0.25) is 0 Å². The van der Waals surface area contributed by atoms with Crippen LogP contribution in [-0.4, -0.2) is 32.8 Å². The standard InChI is InChI=1S/C15H23N5/c1-4-16-14(11-15-17-19-20(3)18-15)9-8-13-7-5-6-12(2)10-13/h5-7,10,14,16H,4,8-9,11H2,1-3H3. The van der Waals surface area contributed by atoms with Crippen LogP contribution in [0, 0.1) is 6.92 Å². The summed E-state index contributed by atoms with van der Waals surface area (Å²) in [5.41, 5.74) is 2.71. The summed E-state index contributed by atoms with van der Waals surface area (Å²) in [5.74, 6) is 0.808. The van der Waals surface area contributed by atoms with Gasteiger partial charge in [-0.15, -0.1) is 10.2 Å². The summed E-state index contributed by atoms with van der Waals surface area (Å²) in [6.45, 7) is 5.22. The minimum Gasteiger partial charge on any atom is -0.314 e. The smallest absolute Gasteiger partial charge is 0.176 e. The number of hydrogen-bond acceptors (Lipinski definition) is 4. The predicted molar refractivity (Wildman–Crippen MR) is 79.5 cm³/mol. The summed E-state index contributed by atoms with van der Waals surface area (Å²) in [6.07, 6.45) is 2.97. The van der Waals surface area contributed by atoms with Gasteiger partial charge in [-0.3, -0.25) is 0 Å². The molecule has 1 unspecified atom stereocenters. The number of hydrogen-bond donors (Lipinski definition) is 1. The number of benzene rings is 1. The first-order chi connectivity index (χ1) is 9.67. The third kappa shape index (κ3) is 4.42. The van der Waals surface area contributed by atoms with E-state index in [1.165, 1.54) is 15.9 Å². The molecule has 0 saturated carbocycles. The van der Waals surface area contributed by atoms with Gasteiger partial charge in [0.1, 0.15) is 0 Å². The second-order valence-corrected chi connectivity index (χ2v) is 5.18. The number of nitrogens with one attached hydrogen (secondary N) is 1. The first kappa shape index (κ1) is 14.7. The summed E-state index contributed by atoms with van der Waals surface area (Å²) < 4.78 is 0. The van der Waals surface area contributed by atoms with E-state index in [0.717, 1.165) is 31.6 Å². The molecule has 0 bridgehead atoms. The average molecular weight is 273 g/mol. The second kappa shape index (κ2) is 7.14. The van der Waals surface area contributed by atoms with Gasteiger partial charge < -0.3 is 5.32 Å². The van der Waals surface area contributed by atoms with Gasteiger partial charge in [-0.2, -0.15) is 4.80 Å². The van der Waals surface area contributed by atoms with Crippen molar-refractivity contribution in [3.63, 3.8) is 0 Å². The van der Waals surface area contributed by atoms with Crippen molar-refractivity contribution in [2.45, 2.75) is 39.2 Å². The van der Waals surface area contributed by atoms with E-state index in [1.54, 1.807) is 7.05 Å². The fraction of sp³-hybridized carbons (Fsp3) is 0.533. The van der Waals surface area contributed by atoms with Crippen LogP contribution in [0.1, 0.15) is 30.3 Å². The Hall–Kier alpha value is -1.75. The van der Waals surface area contributed by atoms with E-state index in [1.807, 2.05) is 0 Å². The van der Waals surface area contributed by atoms with Crippen molar-refractivity contribution in [2.24, 2.45) is 7.05 Å². The summed E-state index contributed by atoms with van der Waals surface area (Å²) >= 11 is 0. The van der Waals surface area contributed by atoms with Crippen LogP contribution in [0.2, 0.25) is 0 Å². The zero-order valence-corrected chi connectivity index (χ0v) is 12.5. The van der Waals surface area contributed by atoms with Gasteiger partial charge in [-0.25, -0.2) is 0 Å². The lowest BCUT2D eigenvalue weighted by molar-refractivity contribution is 0.481. The molecule has 0 saturated heterocycles. The lowest BCUT2D eigenvalue weighted by Gasteiger charge is -2.16. The van der Waals surface area contributed by atoms with Crippen molar-refractivity contribution in [2.75, 3.05) is 6.54 Å². The van der Waals surface area contributed by atoms with Crippen molar-refractivity contribution in [3.05, 3.63) is 41.2 Å². The zero-order valence-electron chi connectivity index (χ0n) is 12.5. The van der Waals surface area contributed by atoms with E-state index in [-0.39, 0.29) is 0 Å². The van der Waals surface area contributed by atoms with E-state index < -0.39 is 0 Å². The third-order valence-corrected chi connectivity index (χ3v) is 3.34. The van der Waals surface area contributed by atoms with Crippen molar-refractivity contribution in [1.29, 1.82) is 0 Å². The average Bonchev–Trinajstić information content (AvgIpc) is 2.82. The van der Waals surface area contributed by atoms with Crippen LogP contribution in [0.25, 0.3) is 0 Å². The zero-order chi connectivity index (χ0) is 14.4. The molecule has 1 aromatic heterocycles. The molecule has 0 fully saturated rings. The number of rotatable bonds is 7. The maximum absolute atomic E-state index is 4.26. The number of nitrogens with zero attached hydrogens (tertiary/aromatic N) is 4. The van der Waals surface area contributed by atoms with Crippen LogP contribution in [0.4, 0.5) is 0 Å². The molecule has 1 heterocycles. The fourth-order valence-electron chi connectivity index (χ4n) is 2.40. The SMILES string of the molecule is CCNC(CCc1cccc(C)c1)Cc1nnn(C)n1. The highest BCUT2D eigenvalue weighted by Crippen LogP contribution is 2.10. The number of aryl methyl sites for hydroxylation is 3. The summed E-state index contributed by atoms with van der Waals surface area (Å²) in [4.78, 5) is 1.51. The molecule has 20 heavy (non-hydrogen) atoms. The topological polar surface area (TPSA) is 55.6 Å². The molecule has 0 aliphatic rings. The lowest BCUT2D eigenvalue weighted by Crippen LogP contribution is -2.32. The lowest BCUT2D eigenvalue weighted by atomic mass is 10.0. The molecule has 0 aliphatic heterocycles. The molecule has 0 aliphatic carbocycles. The highest BCUT2D eigenvalue weighted by molar-refractivity contribution is 5.22. The quantitative estimate of drug-likeness (QED) is 0.834. The number of aromatic nitrogens is 4. The molecule has 1 N–H and O–H groups in total. The molecular weight excluding hydrogens is 250 g/mol. The normalized spacial score (nSPS) is 12.6. The summed E-state index contributed by atoms with van der Waals surface area (Å²) in [5, 5.41) is 15.7. The molecule has 0 radical (unpaired) electrons. The fourth-order valence-corrected chi connectivity index (χ4v) is 2.40. The Labute approximate surface area is 120 Å². The van der Waals surface area contributed by atoms with Crippen molar-refractivity contribution < 1.29 is 0 Å². The molecule has 0 spiro atoms. The van der Waals surface area contributed by atoms with Crippen LogP contribution in [0.5, 0.6) is 0 Å². The van der Waals surface area contributed by atoms with Crippen LogP contribution in [-0.2, 0) is 19.9 Å². The minimum absolute atomic E-state index is 0.393. The van der Waals surface area contributed by atoms with Crippen LogP contribution < -0.4 is 5.32 Å². The molecule has 2 aromatic rings. The van der Waals surface area contributed by atoms with Crippen molar-refractivity contribution in [3.8, 4) is 0 Å². The maximum atomic E-state index is 4.26. The van der Waals surface area contributed by atoms with Gasteiger partial charge in [0.25, 0.3) is 0 Å². The second-order valence-electron chi connectivity index (χ2n) is 5.18. The molecule has 1 aromatic carbocycles. The highest BCUT2D eigenvalue weighted by Gasteiger charge is 2.12. The molecule has 5 nitrogen and oxygen atoms in total. The van der Waals surface area contributed by atoms with E-state index >= 15 is 0 Å². The Morgan fingerprint density at radius 2 is 2.20 bits per heavy atom. The Balaban J connectivity index is 1.91. The molecular formula is C15H23N5. The van der Waals surface area contributed by atoms with Crippen molar-refractivity contribution in [1.82, 2.24) is 25.5 Å². The molecule has 5 heteroatoms. The van der Waals surface area contributed by atoms with Crippen LogP contribution in [0.3, 0.4) is 0 Å². The van der Waals surface area contributed by atoms with Crippen LogP contribution in [0.15, 0.2) is 24.3 Å². The first-order valence-electron chi connectivity index (χ1n) is 7.19. The highest BCUT2D eigenvalue weighted by atomic mass is 15.6. The molecule has 1 atom stereocenters. The van der Waals surface area contributed by atoms with Gasteiger partial charge in [0.15, 0.2) is 5.82 Å². The van der Waals surface area contributed by atoms with E-state index in [9.17, 15) is 0 Å². The van der Waals surface area contributed by atoms with Gasteiger partial charge in [-0.1, -0.05) is 36.8 Å². The van der Waals surface area contributed by atoms with Crippen molar-refractivity contribution >= 4 is 0 Å². The Kier molecular flexibility index (Phi) is 5.24. The largest absolute Gasteiger partial charge is 0.314 e. The van der Waals surface area contributed by atoms with Gasteiger partial charge >= 0.3 is 0 Å². The van der Waals surface area contributed by atoms with Gasteiger partial charge in [0, 0.05) is 12.5 Å². The Morgan fingerprint density at radius 3 is 2.85 bits per heavy atom. The van der Waals surface area contributed by atoms with E-state index in [4.69, 9.17) is 0 Å². The van der Waals surface area contributed by atoms with E-state index in [0.29, 0.717) is 6.04 Å². The first-order valence-corrected chi connectivity index (χ1v) is 7.19. The summed E-state index contributed by atoms with van der Waals surface area (Å²) in [7, 11) is 1.80. The number of tetrazole rings is 1. The van der Waals surface area contributed by atoms with Gasteiger partial charge in [-0.05, 0) is 37.1 Å². The monoisotopic (exact) mass is 273 g/mol.